The van der Waals surface area contributed by atoms with Crippen molar-refractivity contribution in [1.82, 2.24) is 9.97 Å². The molecule has 2 atom stereocenters. The van der Waals surface area contributed by atoms with Crippen molar-refractivity contribution in [2.45, 2.75) is 25.0 Å². The van der Waals surface area contributed by atoms with Crippen molar-refractivity contribution in [3.63, 3.8) is 0 Å². The van der Waals surface area contributed by atoms with Crippen LogP contribution in [0.5, 0.6) is 0 Å². The molecular formula is C10H16N4O2. The lowest BCUT2D eigenvalue weighted by Gasteiger charge is -2.26. The average Bonchev–Trinajstić information content (AvgIpc) is 2.58. The van der Waals surface area contributed by atoms with Crippen LogP contribution in [-0.4, -0.2) is 39.9 Å². The summed E-state index contributed by atoms with van der Waals surface area (Å²) in [7, 11) is 0. The number of anilines is 2. The highest BCUT2D eigenvalue weighted by atomic mass is 16.5. The molecular weight excluding hydrogens is 208 g/mol. The van der Waals surface area contributed by atoms with Crippen molar-refractivity contribution in [2.75, 3.05) is 24.2 Å². The molecule has 2 rings (SSSR count). The normalized spacial score (nSPS) is 29.2. The second-order valence-corrected chi connectivity index (χ2v) is 4.05. The average molecular weight is 224 g/mol. The number of ether oxygens (including phenoxy) is 1. The zero-order chi connectivity index (χ0) is 11.6. The lowest BCUT2D eigenvalue weighted by molar-refractivity contribution is -0.0176. The number of rotatable bonds is 3. The van der Waals surface area contributed by atoms with Crippen molar-refractivity contribution in [3.8, 4) is 0 Å². The molecule has 0 saturated carbocycles. The molecule has 1 aromatic rings. The molecule has 1 aliphatic heterocycles. The van der Waals surface area contributed by atoms with Gasteiger partial charge in [-0.3, -0.25) is 0 Å². The molecule has 88 valence electrons. The summed E-state index contributed by atoms with van der Waals surface area (Å²) in [4.78, 5) is 7.79. The van der Waals surface area contributed by atoms with Crippen molar-refractivity contribution in [2.24, 2.45) is 0 Å². The zero-order valence-electron chi connectivity index (χ0n) is 9.18. The molecule has 0 amide bonds. The van der Waals surface area contributed by atoms with Crippen LogP contribution >= 0.6 is 0 Å². The minimum Gasteiger partial charge on any atom is -0.385 e. The van der Waals surface area contributed by atoms with E-state index in [9.17, 15) is 5.11 Å². The lowest BCUT2D eigenvalue weighted by atomic mass is 9.97. The summed E-state index contributed by atoms with van der Waals surface area (Å²) in [5.74, 6) is 1.01. The molecule has 4 N–H and O–H groups in total. The minimum absolute atomic E-state index is 0.167. The van der Waals surface area contributed by atoms with E-state index >= 15 is 0 Å². The molecule has 6 heteroatoms. The Bertz CT molecular complexity index is 374. The minimum atomic E-state index is -0.834. The van der Waals surface area contributed by atoms with Gasteiger partial charge in [0.1, 0.15) is 23.6 Å². The van der Waals surface area contributed by atoms with Crippen molar-refractivity contribution >= 4 is 11.6 Å². The molecule has 2 unspecified atom stereocenters. The van der Waals surface area contributed by atoms with E-state index < -0.39 is 5.60 Å². The molecule has 6 nitrogen and oxygen atoms in total. The Morgan fingerprint density at radius 2 is 2.50 bits per heavy atom. The SMILES string of the molecule is CC1OCCC1(O)CNc1cc(N)ncn1. The maximum Gasteiger partial charge on any atom is 0.131 e. The van der Waals surface area contributed by atoms with Crippen LogP contribution in [0.25, 0.3) is 0 Å². The van der Waals surface area contributed by atoms with Gasteiger partial charge in [0.15, 0.2) is 0 Å². The lowest BCUT2D eigenvalue weighted by Crippen LogP contribution is -2.43. The maximum atomic E-state index is 10.2. The molecule has 16 heavy (non-hydrogen) atoms. The molecule has 1 saturated heterocycles. The number of nitrogens with one attached hydrogen (secondary N) is 1. The Balaban J connectivity index is 1.97. The monoisotopic (exact) mass is 224 g/mol. The van der Waals surface area contributed by atoms with Gasteiger partial charge in [0, 0.05) is 25.6 Å². The van der Waals surface area contributed by atoms with Gasteiger partial charge in [-0.15, -0.1) is 0 Å². The number of aromatic nitrogens is 2. The topological polar surface area (TPSA) is 93.3 Å². The van der Waals surface area contributed by atoms with Gasteiger partial charge >= 0.3 is 0 Å². The van der Waals surface area contributed by atoms with Crippen LogP contribution < -0.4 is 11.1 Å². The van der Waals surface area contributed by atoms with Crippen molar-refractivity contribution in [3.05, 3.63) is 12.4 Å². The van der Waals surface area contributed by atoms with E-state index in [1.54, 1.807) is 6.07 Å². The fraction of sp³-hybridized carbons (Fsp3) is 0.600. The molecule has 0 bridgehead atoms. The van der Waals surface area contributed by atoms with Crippen LogP contribution in [0.2, 0.25) is 0 Å². The number of hydrogen-bond acceptors (Lipinski definition) is 6. The summed E-state index contributed by atoms with van der Waals surface area (Å²) >= 11 is 0. The summed E-state index contributed by atoms with van der Waals surface area (Å²) in [6, 6.07) is 1.63. The van der Waals surface area contributed by atoms with Gasteiger partial charge in [-0.1, -0.05) is 0 Å². The first kappa shape index (κ1) is 11.1. The first-order valence-electron chi connectivity index (χ1n) is 5.25. The van der Waals surface area contributed by atoms with Gasteiger partial charge in [0.05, 0.1) is 6.10 Å². The molecule has 0 radical (unpaired) electrons. The first-order chi connectivity index (χ1) is 7.60. The fourth-order valence-corrected chi connectivity index (χ4v) is 1.72. The molecule has 1 aliphatic rings. The zero-order valence-corrected chi connectivity index (χ0v) is 9.18. The molecule has 0 spiro atoms. The smallest absolute Gasteiger partial charge is 0.131 e. The second-order valence-electron chi connectivity index (χ2n) is 4.05. The Kier molecular flexibility index (Phi) is 2.93. The third-order valence-electron chi connectivity index (χ3n) is 2.92. The predicted molar refractivity (Wildman–Crippen MR) is 59.9 cm³/mol. The summed E-state index contributed by atoms with van der Waals surface area (Å²) in [6.45, 7) is 2.85. The number of nitrogen functional groups attached to an aromatic ring is 1. The van der Waals surface area contributed by atoms with E-state index in [2.05, 4.69) is 15.3 Å². The van der Waals surface area contributed by atoms with Crippen LogP contribution in [0.4, 0.5) is 11.6 Å². The Labute approximate surface area is 93.9 Å². The van der Waals surface area contributed by atoms with E-state index in [1.165, 1.54) is 6.33 Å². The highest BCUT2D eigenvalue weighted by Gasteiger charge is 2.39. The van der Waals surface area contributed by atoms with Gasteiger partial charge in [0.2, 0.25) is 0 Å². The van der Waals surface area contributed by atoms with Crippen LogP contribution in [0.3, 0.4) is 0 Å². The van der Waals surface area contributed by atoms with Gasteiger partial charge in [0.25, 0.3) is 0 Å². The third-order valence-corrected chi connectivity index (χ3v) is 2.92. The highest BCUT2D eigenvalue weighted by molar-refractivity contribution is 5.43. The summed E-state index contributed by atoms with van der Waals surface area (Å²) in [5.41, 5.74) is 4.69. The van der Waals surface area contributed by atoms with E-state index in [0.717, 1.165) is 0 Å². The first-order valence-corrected chi connectivity index (χ1v) is 5.25. The molecule has 1 fully saturated rings. The van der Waals surface area contributed by atoms with Gasteiger partial charge in [-0.2, -0.15) is 0 Å². The van der Waals surface area contributed by atoms with Crippen LogP contribution in [0.15, 0.2) is 12.4 Å². The molecule has 1 aromatic heterocycles. The van der Waals surface area contributed by atoms with Crippen molar-refractivity contribution < 1.29 is 9.84 Å². The van der Waals surface area contributed by atoms with Crippen molar-refractivity contribution in [1.29, 1.82) is 0 Å². The number of aliphatic hydroxyl groups is 1. The second kappa shape index (κ2) is 4.23. The summed E-state index contributed by atoms with van der Waals surface area (Å²) in [5, 5.41) is 13.3. The maximum absolute atomic E-state index is 10.2. The highest BCUT2D eigenvalue weighted by Crippen LogP contribution is 2.25. The van der Waals surface area contributed by atoms with Crippen LogP contribution in [0.1, 0.15) is 13.3 Å². The Morgan fingerprint density at radius 3 is 3.12 bits per heavy atom. The van der Waals surface area contributed by atoms with E-state index in [0.29, 0.717) is 31.2 Å². The Morgan fingerprint density at radius 1 is 1.69 bits per heavy atom. The van der Waals surface area contributed by atoms with Gasteiger partial charge in [-0.05, 0) is 6.92 Å². The molecule has 0 aromatic carbocycles. The molecule has 0 aliphatic carbocycles. The number of hydrogen-bond donors (Lipinski definition) is 3. The largest absolute Gasteiger partial charge is 0.385 e. The predicted octanol–water partition coefficient (Wildman–Crippen LogP) is 0.0106. The molecule has 2 heterocycles. The third kappa shape index (κ3) is 2.23. The fourth-order valence-electron chi connectivity index (χ4n) is 1.72. The van der Waals surface area contributed by atoms with E-state index in [4.69, 9.17) is 10.5 Å². The summed E-state index contributed by atoms with van der Waals surface area (Å²) < 4.78 is 5.33. The van der Waals surface area contributed by atoms with Crippen LogP contribution in [0, 0.1) is 0 Å². The quantitative estimate of drug-likeness (QED) is 0.669. The Hall–Kier alpha value is -1.40. The summed E-state index contributed by atoms with van der Waals surface area (Å²) in [6.07, 6.45) is 1.84. The van der Waals surface area contributed by atoms with Gasteiger partial charge in [-0.25, -0.2) is 9.97 Å². The van der Waals surface area contributed by atoms with Crippen LogP contribution in [-0.2, 0) is 4.74 Å². The standard InChI is InChI=1S/C10H16N4O2/c1-7-10(15,2-3-16-7)5-12-9-4-8(11)13-6-14-9/h4,6-7,15H,2-3,5H2,1H3,(H3,11,12,13,14). The van der Waals surface area contributed by atoms with Gasteiger partial charge < -0.3 is 20.9 Å². The van der Waals surface area contributed by atoms with E-state index in [-0.39, 0.29) is 6.10 Å². The number of nitrogens with zero attached hydrogens (tertiary/aromatic N) is 2. The van der Waals surface area contributed by atoms with E-state index in [1.807, 2.05) is 6.92 Å². The number of nitrogens with two attached hydrogens (primary N) is 1.